The van der Waals surface area contributed by atoms with Crippen molar-refractivity contribution in [3.8, 4) is 11.3 Å². The Balaban J connectivity index is 1.31. The quantitative estimate of drug-likeness (QED) is 0.488. The average molecular weight is 413 g/mol. The van der Waals surface area contributed by atoms with Crippen LogP contribution in [0.3, 0.4) is 0 Å². The Morgan fingerprint density at radius 3 is 2.87 bits per heavy atom. The molecular formula is C22H23N9. The molecule has 1 atom stereocenters. The molecule has 1 aromatic carbocycles. The number of likely N-dealkylation sites (tertiary alicyclic amines) is 1. The van der Waals surface area contributed by atoms with Crippen LogP contribution in [0, 0.1) is 0 Å². The molecule has 1 saturated heterocycles. The number of pyridine rings is 1. The van der Waals surface area contributed by atoms with Crippen LogP contribution in [0.5, 0.6) is 0 Å². The lowest BCUT2D eigenvalue weighted by atomic mass is 10.1. The van der Waals surface area contributed by atoms with Crippen molar-refractivity contribution in [2.45, 2.75) is 12.5 Å². The number of rotatable bonds is 4. The van der Waals surface area contributed by atoms with E-state index in [1.54, 1.807) is 0 Å². The fourth-order valence-electron chi connectivity index (χ4n) is 4.34. The van der Waals surface area contributed by atoms with Gasteiger partial charge in [-0.1, -0.05) is 12.1 Å². The monoisotopic (exact) mass is 413 g/mol. The van der Waals surface area contributed by atoms with Crippen molar-refractivity contribution in [2.24, 2.45) is 7.05 Å². The number of aryl methyl sites for hydroxylation is 1. The van der Waals surface area contributed by atoms with Gasteiger partial charge in [-0.2, -0.15) is 15.2 Å². The second-order valence-corrected chi connectivity index (χ2v) is 8.23. The van der Waals surface area contributed by atoms with E-state index in [1.807, 2.05) is 57.7 Å². The van der Waals surface area contributed by atoms with Crippen LogP contribution in [0.15, 0.2) is 55.0 Å². The number of hydrogen-bond acceptors (Lipinski definition) is 6. The molecule has 4 aromatic heterocycles. The molecule has 156 valence electrons. The Morgan fingerprint density at radius 2 is 2.00 bits per heavy atom. The molecule has 1 aliphatic heterocycles. The van der Waals surface area contributed by atoms with Gasteiger partial charge >= 0.3 is 0 Å². The van der Waals surface area contributed by atoms with Gasteiger partial charge in [0.15, 0.2) is 5.65 Å². The van der Waals surface area contributed by atoms with E-state index in [-0.39, 0.29) is 0 Å². The maximum Gasteiger partial charge on any atom is 0.247 e. The van der Waals surface area contributed by atoms with Gasteiger partial charge in [0, 0.05) is 36.9 Å². The number of benzene rings is 1. The van der Waals surface area contributed by atoms with Crippen molar-refractivity contribution < 1.29 is 0 Å². The first-order valence-electron chi connectivity index (χ1n) is 10.4. The lowest BCUT2D eigenvalue weighted by molar-refractivity contribution is 0.382. The van der Waals surface area contributed by atoms with Gasteiger partial charge in [-0.25, -0.2) is 4.52 Å². The Labute approximate surface area is 178 Å². The number of nitrogens with one attached hydrogen (secondary N) is 1. The summed E-state index contributed by atoms with van der Waals surface area (Å²) in [7, 11) is 4.08. The molecule has 0 bridgehead atoms. The third kappa shape index (κ3) is 3.23. The molecule has 31 heavy (non-hydrogen) atoms. The van der Waals surface area contributed by atoms with Crippen LogP contribution in [0.2, 0.25) is 0 Å². The summed E-state index contributed by atoms with van der Waals surface area (Å²) >= 11 is 0. The van der Waals surface area contributed by atoms with Gasteiger partial charge in [0.05, 0.1) is 29.1 Å². The molecule has 9 nitrogen and oxygen atoms in total. The highest BCUT2D eigenvalue weighted by Crippen LogP contribution is 2.26. The van der Waals surface area contributed by atoms with Crippen LogP contribution in [0.4, 0.5) is 11.6 Å². The van der Waals surface area contributed by atoms with Crippen molar-refractivity contribution in [1.29, 1.82) is 0 Å². The van der Waals surface area contributed by atoms with Gasteiger partial charge in [0.2, 0.25) is 5.95 Å². The third-order valence-corrected chi connectivity index (χ3v) is 5.87. The standard InChI is InChI=1S/C22H23N9/c1-28-9-8-18(14-28)30-13-17(11-23-30)24-22-25-21-5-3-4-20(31(21)27-22)15-6-7-19-16(10-15)12-29(2)26-19/h3-7,10-13,18H,8-9,14H2,1-2H3,(H,24,27)/t18-/m1/s1. The summed E-state index contributed by atoms with van der Waals surface area (Å²) in [5, 5.41) is 18.1. The largest absolute Gasteiger partial charge is 0.320 e. The first-order valence-corrected chi connectivity index (χ1v) is 10.4. The van der Waals surface area contributed by atoms with Crippen molar-refractivity contribution in [3.05, 3.63) is 55.0 Å². The Bertz CT molecular complexity index is 1390. The van der Waals surface area contributed by atoms with E-state index in [9.17, 15) is 0 Å². The molecule has 0 unspecified atom stereocenters. The van der Waals surface area contributed by atoms with Crippen molar-refractivity contribution in [2.75, 3.05) is 25.5 Å². The van der Waals surface area contributed by atoms with Crippen LogP contribution < -0.4 is 5.32 Å². The second kappa shape index (κ2) is 6.92. The summed E-state index contributed by atoms with van der Waals surface area (Å²) in [6.45, 7) is 2.13. The number of hydrogen-bond donors (Lipinski definition) is 1. The minimum absolute atomic E-state index is 0.420. The molecule has 0 aliphatic carbocycles. The maximum atomic E-state index is 4.72. The first-order chi connectivity index (χ1) is 15.1. The van der Waals surface area contributed by atoms with Gasteiger partial charge in [0.25, 0.3) is 0 Å². The maximum absolute atomic E-state index is 4.72. The van der Waals surface area contributed by atoms with Crippen molar-refractivity contribution in [1.82, 2.24) is 39.1 Å². The average Bonchev–Trinajstić information content (AvgIpc) is 3.52. The predicted molar refractivity (Wildman–Crippen MR) is 119 cm³/mol. The molecule has 0 amide bonds. The van der Waals surface area contributed by atoms with E-state index in [0.717, 1.165) is 53.0 Å². The minimum atomic E-state index is 0.420. The van der Waals surface area contributed by atoms with Crippen LogP contribution in [0.1, 0.15) is 12.5 Å². The molecule has 5 heterocycles. The fraction of sp³-hybridized carbons (Fsp3) is 0.273. The van der Waals surface area contributed by atoms with Gasteiger partial charge in [-0.05, 0) is 44.3 Å². The van der Waals surface area contributed by atoms with Crippen molar-refractivity contribution in [3.63, 3.8) is 0 Å². The molecular weight excluding hydrogens is 390 g/mol. The molecule has 0 spiro atoms. The lowest BCUT2D eigenvalue weighted by Gasteiger charge is -2.10. The molecule has 5 aromatic rings. The zero-order valence-corrected chi connectivity index (χ0v) is 17.5. The molecule has 1 aliphatic rings. The molecule has 9 heteroatoms. The number of nitrogens with zero attached hydrogens (tertiary/aromatic N) is 8. The number of anilines is 2. The number of likely N-dealkylation sites (N-methyl/N-ethyl adjacent to an activating group) is 1. The molecule has 6 rings (SSSR count). The molecule has 0 saturated carbocycles. The summed E-state index contributed by atoms with van der Waals surface area (Å²) in [5.74, 6) is 0.554. The highest BCUT2D eigenvalue weighted by molar-refractivity contribution is 5.83. The Morgan fingerprint density at radius 1 is 1.06 bits per heavy atom. The fourth-order valence-corrected chi connectivity index (χ4v) is 4.34. The summed E-state index contributed by atoms with van der Waals surface area (Å²) in [4.78, 5) is 6.99. The van der Waals surface area contributed by atoms with Crippen LogP contribution >= 0.6 is 0 Å². The van der Waals surface area contributed by atoms with E-state index in [4.69, 9.17) is 5.10 Å². The van der Waals surface area contributed by atoms with Gasteiger partial charge in [-0.3, -0.25) is 9.36 Å². The minimum Gasteiger partial charge on any atom is -0.320 e. The summed E-state index contributed by atoms with van der Waals surface area (Å²) in [6, 6.07) is 12.7. The first kappa shape index (κ1) is 18.1. The summed E-state index contributed by atoms with van der Waals surface area (Å²) in [5.41, 5.74) is 4.71. The van der Waals surface area contributed by atoms with Gasteiger partial charge < -0.3 is 10.2 Å². The van der Waals surface area contributed by atoms with Gasteiger partial charge in [0.1, 0.15) is 0 Å². The van der Waals surface area contributed by atoms with E-state index in [1.165, 1.54) is 0 Å². The smallest absolute Gasteiger partial charge is 0.247 e. The van der Waals surface area contributed by atoms with E-state index in [2.05, 4.69) is 50.6 Å². The highest BCUT2D eigenvalue weighted by Gasteiger charge is 2.21. The highest BCUT2D eigenvalue weighted by atomic mass is 15.4. The molecule has 0 radical (unpaired) electrons. The van der Waals surface area contributed by atoms with E-state index < -0.39 is 0 Å². The Kier molecular flexibility index (Phi) is 4.03. The lowest BCUT2D eigenvalue weighted by Crippen LogP contribution is -2.16. The summed E-state index contributed by atoms with van der Waals surface area (Å²) in [6.07, 6.45) is 7.01. The van der Waals surface area contributed by atoms with Crippen LogP contribution in [-0.4, -0.2) is 59.2 Å². The topological polar surface area (TPSA) is 81.1 Å². The summed E-state index contributed by atoms with van der Waals surface area (Å²) < 4.78 is 5.74. The van der Waals surface area contributed by atoms with E-state index in [0.29, 0.717) is 12.0 Å². The SMILES string of the molecule is CN1CC[C@@H](n2cc(Nc3nc4cccc(-c5ccc6nn(C)cc6c5)n4n3)cn2)C1. The normalized spacial score (nSPS) is 17.2. The van der Waals surface area contributed by atoms with E-state index >= 15 is 0 Å². The number of fused-ring (bicyclic) bond motifs is 2. The zero-order chi connectivity index (χ0) is 20.9. The van der Waals surface area contributed by atoms with Crippen LogP contribution in [0.25, 0.3) is 27.8 Å². The third-order valence-electron chi connectivity index (χ3n) is 5.87. The zero-order valence-electron chi connectivity index (χ0n) is 17.5. The Hall–Kier alpha value is -3.72. The van der Waals surface area contributed by atoms with Gasteiger partial charge in [-0.15, -0.1) is 5.10 Å². The molecule has 1 N–H and O–H groups in total. The van der Waals surface area contributed by atoms with Crippen LogP contribution in [-0.2, 0) is 7.05 Å². The second-order valence-electron chi connectivity index (χ2n) is 8.23. The van der Waals surface area contributed by atoms with Crippen molar-refractivity contribution >= 4 is 28.2 Å². The molecule has 1 fully saturated rings. The number of aromatic nitrogens is 7. The predicted octanol–water partition coefficient (Wildman–Crippen LogP) is 3.10.